The van der Waals surface area contributed by atoms with Crippen molar-refractivity contribution in [3.63, 3.8) is 0 Å². The van der Waals surface area contributed by atoms with Crippen molar-refractivity contribution in [3.05, 3.63) is 23.2 Å². The number of aliphatic carboxylic acids is 1. The normalized spacial score (nSPS) is 16.1. The van der Waals surface area contributed by atoms with Gasteiger partial charge in [0.15, 0.2) is 0 Å². The van der Waals surface area contributed by atoms with E-state index in [1.807, 2.05) is 0 Å². The summed E-state index contributed by atoms with van der Waals surface area (Å²) in [6.45, 7) is 0. The molecule has 2 rings (SSSR count). The molecule has 1 fully saturated rings. The first kappa shape index (κ1) is 12.8. The van der Waals surface area contributed by atoms with E-state index in [0.29, 0.717) is 12.3 Å². The lowest BCUT2D eigenvalue weighted by Crippen LogP contribution is -2.41. The van der Waals surface area contributed by atoms with Crippen LogP contribution in [0.2, 0.25) is 5.15 Å². The molecule has 18 heavy (non-hydrogen) atoms. The van der Waals surface area contributed by atoms with Crippen molar-refractivity contribution < 1.29 is 14.7 Å². The summed E-state index contributed by atoms with van der Waals surface area (Å²) in [4.78, 5) is 30.3. The Hall–Kier alpha value is -1.69. The smallest absolute Gasteiger partial charge is 0.326 e. The van der Waals surface area contributed by atoms with Crippen LogP contribution < -0.4 is 5.32 Å². The monoisotopic (exact) mass is 269 g/mol. The van der Waals surface area contributed by atoms with Crippen LogP contribution in [0, 0.1) is 5.92 Å². The molecule has 1 heterocycles. The molecule has 0 radical (unpaired) electrons. The van der Waals surface area contributed by atoms with E-state index >= 15 is 0 Å². The molecule has 1 amide bonds. The van der Waals surface area contributed by atoms with Crippen LogP contribution >= 0.6 is 11.6 Å². The molecule has 0 saturated heterocycles. The Bertz CT molecular complexity index is 476. The molecule has 0 spiro atoms. The van der Waals surface area contributed by atoms with Gasteiger partial charge in [-0.15, -0.1) is 0 Å². The molecule has 2 N–H and O–H groups in total. The van der Waals surface area contributed by atoms with Crippen LogP contribution in [-0.4, -0.2) is 33.0 Å². The first-order valence-electron chi connectivity index (χ1n) is 5.57. The average Bonchev–Trinajstić information content (AvgIpc) is 3.12. The first-order valence-corrected chi connectivity index (χ1v) is 5.95. The van der Waals surface area contributed by atoms with E-state index in [-0.39, 0.29) is 10.8 Å². The van der Waals surface area contributed by atoms with Crippen LogP contribution in [0.4, 0.5) is 0 Å². The standard InChI is InChI=1S/C11H12ClN3O3/c12-9-5-13-4-8(14-9)10(16)15-7(11(17)18)3-6-1-2-6/h4-7H,1-3H2,(H,15,16)(H,17,18). The summed E-state index contributed by atoms with van der Waals surface area (Å²) in [5.74, 6) is -1.21. The third-order valence-electron chi connectivity index (χ3n) is 2.71. The molecule has 96 valence electrons. The molecule has 0 aliphatic heterocycles. The van der Waals surface area contributed by atoms with Gasteiger partial charge in [-0.2, -0.15) is 0 Å². The van der Waals surface area contributed by atoms with E-state index in [1.165, 1.54) is 12.4 Å². The number of aromatic nitrogens is 2. The van der Waals surface area contributed by atoms with Crippen LogP contribution in [0.3, 0.4) is 0 Å². The first-order chi connectivity index (χ1) is 8.56. The fraction of sp³-hybridized carbons (Fsp3) is 0.455. The number of carboxylic acids is 1. The van der Waals surface area contributed by atoms with Gasteiger partial charge in [0.2, 0.25) is 0 Å². The number of nitrogens with one attached hydrogen (secondary N) is 1. The lowest BCUT2D eigenvalue weighted by molar-refractivity contribution is -0.139. The Morgan fingerprint density at radius 2 is 2.22 bits per heavy atom. The lowest BCUT2D eigenvalue weighted by Gasteiger charge is -2.13. The van der Waals surface area contributed by atoms with Gasteiger partial charge in [0.1, 0.15) is 16.9 Å². The zero-order valence-electron chi connectivity index (χ0n) is 9.47. The van der Waals surface area contributed by atoms with Crippen LogP contribution in [0.25, 0.3) is 0 Å². The molecule has 0 bridgehead atoms. The quantitative estimate of drug-likeness (QED) is 0.835. The zero-order valence-corrected chi connectivity index (χ0v) is 10.2. The van der Waals surface area contributed by atoms with Crippen LogP contribution in [0.15, 0.2) is 12.4 Å². The summed E-state index contributed by atoms with van der Waals surface area (Å²) in [6, 6.07) is -0.884. The number of carbonyl (C=O) groups is 2. The summed E-state index contributed by atoms with van der Waals surface area (Å²) < 4.78 is 0. The van der Waals surface area contributed by atoms with E-state index in [1.54, 1.807) is 0 Å². The summed E-state index contributed by atoms with van der Waals surface area (Å²) in [6.07, 6.45) is 5.05. The maximum atomic E-state index is 11.8. The highest BCUT2D eigenvalue weighted by atomic mass is 35.5. The molecule has 1 aromatic rings. The van der Waals surface area contributed by atoms with Gasteiger partial charge in [-0.25, -0.2) is 9.78 Å². The highest BCUT2D eigenvalue weighted by molar-refractivity contribution is 6.29. The summed E-state index contributed by atoms with van der Waals surface area (Å²) in [5.41, 5.74) is 0.0181. The van der Waals surface area contributed by atoms with Gasteiger partial charge in [-0.05, 0) is 12.3 Å². The van der Waals surface area contributed by atoms with E-state index in [9.17, 15) is 9.59 Å². The minimum atomic E-state index is -1.04. The SMILES string of the molecule is O=C(NC(CC1CC1)C(=O)O)c1cncc(Cl)n1. The fourth-order valence-electron chi connectivity index (χ4n) is 1.59. The van der Waals surface area contributed by atoms with Crippen molar-refractivity contribution in [2.75, 3.05) is 0 Å². The Morgan fingerprint density at radius 1 is 1.50 bits per heavy atom. The Morgan fingerprint density at radius 3 is 2.78 bits per heavy atom. The van der Waals surface area contributed by atoms with Crippen molar-refractivity contribution in [2.45, 2.75) is 25.3 Å². The molecule has 1 aliphatic rings. The summed E-state index contributed by atoms with van der Waals surface area (Å²) >= 11 is 5.61. The maximum absolute atomic E-state index is 11.8. The number of halogens is 1. The minimum Gasteiger partial charge on any atom is -0.480 e. The predicted molar refractivity (Wildman–Crippen MR) is 63.3 cm³/mol. The Kier molecular flexibility index (Phi) is 3.76. The highest BCUT2D eigenvalue weighted by Gasteiger charge is 2.30. The molecule has 1 aliphatic carbocycles. The summed E-state index contributed by atoms with van der Waals surface area (Å²) in [7, 11) is 0. The van der Waals surface area contributed by atoms with E-state index in [4.69, 9.17) is 16.7 Å². The second-order valence-corrected chi connectivity index (χ2v) is 4.66. The molecule has 1 saturated carbocycles. The second kappa shape index (κ2) is 5.30. The Labute approximate surface area is 108 Å². The van der Waals surface area contributed by atoms with Crippen molar-refractivity contribution in [2.24, 2.45) is 5.92 Å². The molecule has 1 aromatic heterocycles. The topological polar surface area (TPSA) is 92.2 Å². The number of rotatable bonds is 5. The fourth-order valence-corrected chi connectivity index (χ4v) is 1.74. The van der Waals surface area contributed by atoms with Crippen LogP contribution in [0.5, 0.6) is 0 Å². The van der Waals surface area contributed by atoms with Gasteiger partial charge >= 0.3 is 5.97 Å². The Balaban J connectivity index is 2.01. The van der Waals surface area contributed by atoms with Gasteiger partial charge < -0.3 is 10.4 Å². The number of nitrogens with zero attached hydrogens (tertiary/aromatic N) is 2. The van der Waals surface area contributed by atoms with Gasteiger partial charge in [-0.1, -0.05) is 24.4 Å². The highest BCUT2D eigenvalue weighted by Crippen LogP contribution is 2.33. The van der Waals surface area contributed by atoms with Gasteiger partial charge in [0.25, 0.3) is 5.91 Å². The molecule has 0 aromatic carbocycles. The van der Waals surface area contributed by atoms with Crippen molar-refractivity contribution in [3.8, 4) is 0 Å². The van der Waals surface area contributed by atoms with Gasteiger partial charge in [0, 0.05) is 0 Å². The van der Waals surface area contributed by atoms with Crippen LogP contribution in [0.1, 0.15) is 29.8 Å². The number of hydrogen-bond donors (Lipinski definition) is 2. The molecule has 6 nitrogen and oxygen atoms in total. The maximum Gasteiger partial charge on any atom is 0.326 e. The van der Waals surface area contributed by atoms with E-state index in [2.05, 4.69) is 15.3 Å². The molecular formula is C11H12ClN3O3. The minimum absolute atomic E-state index is 0.0181. The predicted octanol–water partition coefficient (Wildman–Crippen LogP) is 1.11. The third-order valence-corrected chi connectivity index (χ3v) is 2.89. The number of hydrogen-bond acceptors (Lipinski definition) is 4. The second-order valence-electron chi connectivity index (χ2n) is 4.27. The molecule has 1 atom stereocenters. The van der Waals surface area contributed by atoms with E-state index < -0.39 is 17.9 Å². The largest absolute Gasteiger partial charge is 0.480 e. The van der Waals surface area contributed by atoms with Crippen molar-refractivity contribution in [1.29, 1.82) is 0 Å². The lowest BCUT2D eigenvalue weighted by atomic mass is 10.1. The number of carboxylic acid groups (broad SMARTS) is 1. The molecular weight excluding hydrogens is 258 g/mol. The number of carbonyl (C=O) groups excluding carboxylic acids is 1. The zero-order chi connectivity index (χ0) is 13.1. The van der Waals surface area contributed by atoms with Crippen LogP contribution in [-0.2, 0) is 4.79 Å². The van der Waals surface area contributed by atoms with Crippen molar-refractivity contribution in [1.82, 2.24) is 15.3 Å². The van der Waals surface area contributed by atoms with Gasteiger partial charge in [-0.3, -0.25) is 9.78 Å². The van der Waals surface area contributed by atoms with Gasteiger partial charge in [0.05, 0.1) is 12.4 Å². The number of amides is 1. The third kappa shape index (κ3) is 3.40. The average molecular weight is 270 g/mol. The summed E-state index contributed by atoms with van der Waals surface area (Å²) in [5, 5.41) is 11.5. The molecule has 1 unspecified atom stereocenters. The van der Waals surface area contributed by atoms with Crippen molar-refractivity contribution >= 4 is 23.5 Å². The molecule has 7 heteroatoms. The van der Waals surface area contributed by atoms with E-state index in [0.717, 1.165) is 12.8 Å².